The predicted molar refractivity (Wildman–Crippen MR) is 68.6 cm³/mol. The topological polar surface area (TPSA) is 23.8 Å². The van der Waals surface area contributed by atoms with Crippen molar-refractivity contribution in [2.75, 3.05) is 0 Å². The summed E-state index contributed by atoms with van der Waals surface area (Å²) in [6.45, 7) is 2.10. The van der Waals surface area contributed by atoms with Crippen molar-refractivity contribution in [3.05, 3.63) is 29.3 Å². The Balaban J connectivity index is 2.16. The highest BCUT2D eigenvalue weighted by Gasteiger charge is 2.17. The minimum Gasteiger partial charge on any atom is -0.192 e. The first kappa shape index (κ1) is 11.5. The largest absolute Gasteiger partial charge is 0.192 e. The third kappa shape index (κ3) is 2.59. The number of nitrogens with zero attached hydrogens (tertiary/aromatic N) is 1. The zero-order valence-electron chi connectivity index (χ0n) is 9.70. The van der Waals surface area contributed by atoms with E-state index in [0.717, 1.165) is 10.8 Å². The van der Waals surface area contributed by atoms with Gasteiger partial charge in [-0.3, -0.25) is 0 Å². The van der Waals surface area contributed by atoms with Gasteiger partial charge in [0, 0.05) is 10.1 Å². The zero-order valence-corrected chi connectivity index (χ0v) is 10.5. The molecular weight excluding hydrogens is 214 g/mol. The summed E-state index contributed by atoms with van der Waals surface area (Å²) in [5.74, 6) is 0. The second-order valence-corrected chi connectivity index (χ2v) is 5.75. The van der Waals surface area contributed by atoms with Crippen LogP contribution in [0, 0.1) is 18.3 Å². The summed E-state index contributed by atoms with van der Waals surface area (Å²) in [5.41, 5.74) is 2.09. The molecule has 1 aliphatic rings. The zero-order chi connectivity index (χ0) is 11.4. The molecule has 0 spiro atoms. The van der Waals surface area contributed by atoms with Crippen molar-refractivity contribution in [3.8, 4) is 6.07 Å². The summed E-state index contributed by atoms with van der Waals surface area (Å²) in [6, 6.07) is 8.31. The average Bonchev–Trinajstić information content (AvgIpc) is 2.33. The highest BCUT2D eigenvalue weighted by Crippen LogP contribution is 2.36. The van der Waals surface area contributed by atoms with Crippen molar-refractivity contribution in [1.82, 2.24) is 0 Å². The Kier molecular flexibility index (Phi) is 3.90. The molecule has 2 rings (SSSR count). The predicted octanol–water partition coefficient (Wildman–Crippen LogP) is 4.29. The first-order valence-corrected chi connectivity index (χ1v) is 6.85. The molecule has 1 aromatic carbocycles. The summed E-state index contributed by atoms with van der Waals surface area (Å²) >= 11 is 1.92. The molecule has 0 aromatic heterocycles. The van der Waals surface area contributed by atoms with Gasteiger partial charge in [0.2, 0.25) is 0 Å². The lowest BCUT2D eigenvalue weighted by Gasteiger charge is -2.22. The van der Waals surface area contributed by atoms with E-state index in [2.05, 4.69) is 19.1 Å². The molecule has 0 heterocycles. The summed E-state index contributed by atoms with van der Waals surface area (Å²) in [6.07, 6.45) is 6.71. The van der Waals surface area contributed by atoms with Crippen molar-refractivity contribution in [2.24, 2.45) is 0 Å². The summed E-state index contributed by atoms with van der Waals surface area (Å²) in [5, 5.41) is 9.83. The van der Waals surface area contributed by atoms with Crippen molar-refractivity contribution < 1.29 is 0 Å². The van der Waals surface area contributed by atoms with Crippen molar-refractivity contribution >= 4 is 11.8 Å². The maximum atomic E-state index is 9.11. The minimum absolute atomic E-state index is 0.724. The SMILES string of the molecule is Cc1cccc(C#N)c1SC1CCCCC1. The van der Waals surface area contributed by atoms with Crippen molar-refractivity contribution in [3.63, 3.8) is 0 Å². The quantitative estimate of drug-likeness (QED) is 0.758. The molecule has 1 nitrogen and oxygen atoms in total. The van der Waals surface area contributed by atoms with Gasteiger partial charge in [-0.25, -0.2) is 0 Å². The fraction of sp³-hybridized carbons (Fsp3) is 0.500. The van der Waals surface area contributed by atoms with Crippen LogP contribution in [-0.2, 0) is 0 Å². The lowest BCUT2D eigenvalue weighted by atomic mass is 10.0. The molecular formula is C14H17NS. The van der Waals surface area contributed by atoms with Crippen LogP contribution in [0.5, 0.6) is 0 Å². The van der Waals surface area contributed by atoms with E-state index in [1.807, 2.05) is 23.9 Å². The summed E-state index contributed by atoms with van der Waals surface area (Å²) in [4.78, 5) is 1.21. The van der Waals surface area contributed by atoms with Gasteiger partial charge in [0.1, 0.15) is 6.07 Å². The van der Waals surface area contributed by atoms with Gasteiger partial charge < -0.3 is 0 Å². The second kappa shape index (κ2) is 5.41. The van der Waals surface area contributed by atoms with Gasteiger partial charge >= 0.3 is 0 Å². The van der Waals surface area contributed by atoms with Crippen molar-refractivity contribution in [2.45, 2.75) is 49.2 Å². The fourth-order valence-corrected chi connectivity index (χ4v) is 3.64. The molecule has 1 fully saturated rings. The van der Waals surface area contributed by atoms with E-state index >= 15 is 0 Å². The summed E-state index contributed by atoms with van der Waals surface area (Å²) in [7, 11) is 0. The van der Waals surface area contributed by atoms with E-state index in [9.17, 15) is 0 Å². The molecule has 0 bridgehead atoms. The molecule has 0 N–H and O–H groups in total. The van der Waals surface area contributed by atoms with E-state index in [-0.39, 0.29) is 0 Å². The Morgan fingerprint density at radius 1 is 1.25 bits per heavy atom. The summed E-state index contributed by atoms with van der Waals surface area (Å²) < 4.78 is 0. The molecule has 0 unspecified atom stereocenters. The molecule has 0 radical (unpaired) electrons. The Labute approximate surface area is 102 Å². The lowest BCUT2D eigenvalue weighted by molar-refractivity contribution is 0.516. The van der Waals surface area contributed by atoms with Gasteiger partial charge in [0.15, 0.2) is 0 Å². The normalized spacial score (nSPS) is 17.0. The average molecular weight is 231 g/mol. The van der Waals surface area contributed by atoms with Crippen LogP contribution in [0.3, 0.4) is 0 Å². The van der Waals surface area contributed by atoms with Gasteiger partial charge in [-0.15, -0.1) is 11.8 Å². The Morgan fingerprint density at radius 2 is 2.00 bits per heavy atom. The molecule has 0 aliphatic heterocycles. The molecule has 2 heteroatoms. The van der Waals surface area contributed by atoms with Crippen LogP contribution in [0.15, 0.2) is 23.1 Å². The number of rotatable bonds is 2. The number of aryl methyl sites for hydroxylation is 1. The van der Waals surface area contributed by atoms with E-state index in [1.54, 1.807) is 0 Å². The third-order valence-corrected chi connectivity index (χ3v) is 4.75. The van der Waals surface area contributed by atoms with Crippen molar-refractivity contribution in [1.29, 1.82) is 5.26 Å². The minimum atomic E-state index is 0.724. The molecule has 0 amide bonds. The van der Waals surface area contributed by atoms with Crippen LogP contribution < -0.4 is 0 Å². The molecule has 84 valence electrons. The fourth-order valence-electron chi connectivity index (χ4n) is 2.25. The highest BCUT2D eigenvalue weighted by molar-refractivity contribution is 8.00. The Bertz CT molecular complexity index is 400. The lowest BCUT2D eigenvalue weighted by Crippen LogP contribution is -2.08. The first-order valence-electron chi connectivity index (χ1n) is 5.97. The van der Waals surface area contributed by atoms with Crippen LogP contribution in [0.4, 0.5) is 0 Å². The van der Waals surface area contributed by atoms with E-state index < -0.39 is 0 Å². The molecule has 1 saturated carbocycles. The van der Waals surface area contributed by atoms with E-state index in [4.69, 9.17) is 5.26 Å². The van der Waals surface area contributed by atoms with Gasteiger partial charge in [-0.1, -0.05) is 31.4 Å². The first-order chi connectivity index (χ1) is 7.81. The molecule has 0 atom stereocenters. The molecule has 1 aromatic rings. The monoisotopic (exact) mass is 231 g/mol. The number of hydrogen-bond donors (Lipinski definition) is 0. The van der Waals surface area contributed by atoms with E-state index in [0.29, 0.717) is 0 Å². The standard InChI is InChI=1S/C14H17NS/c1-11-6-5-7-12(10-15)14(11)16-13-8-3-2-4-9-13/h5-7,13H,2-4,8-9H2,1H3. The molecule has 1 aliphatic carbocycles. The number of nitriles is 1. The van der Waals surface area contributed by atoms with Gasteiger partial charge in [0.25, 0.3) is 0 Å². The number of benzene rings is 1. The van der Waals surface area contributed by atoms with E-state index in [1.165, 1.54) is 42.6 Å². The smallest absolute Gasteiger partial charge is 0.100 e. The molecule has 16 heavy (non-hydrogen) atoms. The van der Waals surface area contributed by atoms with Gasteiger partial charge in [-0.05, 0) is 31.4 Å². The highest BCUT2D eigenvalue weighted by atomic mass is 32.2. The van der Waals surface area contributed by atoms with Crippen LogP contribution in [0.1, 0.15) is 43.2 Å². The second-order valence-electron chi connectivity index (χ2n) is 4.44. The maximum absolute atomic E-state index is 9.11. The Morgan fingerprint density at radius 3 is 2.69 bits per heavy atom. The van der Waals surface area contributed by atoms with Gasteiger partial charge in [0.05, 0.1) is 5.56 Å². The van der Waals surface area contributed by atoms with Crippen LogP contribution in [0.2, 0.25) is 0 Å². The maximum Gasteiger partial charge on any atom is 0.100 e. The number of thioether (sulfide) groups is 1. The molecule has 0 saturated heterocycles. The third-order valence-electron chi connectivity index (χ3n) is 3.17. The number of hydrogen-bond acceptors (Lipinski definition) is 2. The van der Waals surface area contributed by atoms with Crippen LogP contribution in [-0.4, -0.2) is 5.25 Å². The van der Waals surface area contributed by atoms with Crippen LogP contribution in [0.25, 0.3) is 0 Å². The van der Waals surface area contributed by atoms with Gasteiger partial charge in [-0.2, -0.15) is 5.26 Å². The van der Waals surface area contributed by atoms with Crippen LogP contribution >= 0.6 is 11.8 Å². The Hall–Kier alpha value is -0.940.